The topological polar surface area (TPSA) is 103 Å². The van der Waals surface area contributed by atoms with Crippen molar-refractivity contribution < 1.29 is 24.5 Å². The van der Waals surface area contributed by atoms with Gasteiger partial charge in [0.15, 0.2) is 0 Å². The number of hydrogen-bond acceptors (Lipinski definition) is 6. The molecule has 1 saturated heterocycles. The third-order valence-corrected chi connectivity index (χ3v) is 5.79. The van der Waals surface area contributed by atoms with E-state index in [1.807, 2.05) is 55.1 Å². The Kier molecular flexibility index (Phi) is 9.67. The van der Waals surface area contributed by atoms with Gasteiger partial charge in [0.1, 0.15) is 11.3 Å². The number of morpholine rings is 1. The van der Waals surface area contributed by atoms with E-state index in [1.165, 1.54) is 12.1 Å². The van der Waals surface area contributed by atoms with E-state index in [0.717, 1.165) is 11.4 Å². The van der Waals surface area contributed by atoms with E-state index in [4.69, 9.17) is 26.6 Å². The first-order chi connectivity index (χ1) is 17.2. The number of carboxylic acids is 1. The first kappa shape index (κ1) is 27.0. The minimum atomic E-state index is -1.11. The summed E-state index contributed by atoms with van der Waals surface area (Å²) in [6.45, 7) is 5.88. The zero-order valence-electron chi connectivity index (χ0n) is 20.3. The molecule has 0 saturated carbocycles. The Morgan fingerprint density at radius 2 is 1.69 bits per heavy atom. The molecule has 1 fully saturated rings. The van der Waals surface area contributed by atoms with Gasteiger partial charge < -0.3 is 24.7 Å². The van der Waals surface area contributed by atoms with Crippen LogP contribution >= 0.6 is 11.6 Å². The maximum Gasteiger partial charge on any atom is 0.339 e. The van der Waals surface area contributed by atoms with Crippen LogP contribution in [0.2, 0.25) is 5.02 Å². The van der Waals surface area contributed by atoms with Gasteiger partial charge in [-0.3, -0.25) is 9.78 Å². The summed E-state index contributed by atoms with van der Waals surface area (Å²) in [6.07, 6.45) is 4.08. The average molecular weight is 512 g/mol. The van der Waals surface area contributed by atoms with E-state index in [0.29, 0.717) is 31.1 Å². The maximum atomic E-state index is 12.7. The van der Waals surface area contributed by atoms with Crippen LogP contribution in [0.25, 0.3) is 0 Å². The molecular formula is C27H30ClN3O5. The van der Waals surface area contributed by atoms with Crippen LogP contribution in [0.3, 0.4) is 0 Å². The van der Waals surface area contributed by atoms with Gasteiger partial charge in [-0.2, -0.15) is 0 Å². The number of nitrogens with zero attached hydrogens (tertiary/aromatic N) is 3. The van der Waals surface area contributed by atoms with E-state index in [-0.39, 0.29) is 29.4 Å². The Morgan fingerprint density at radius 1 is 1.03 bits per heavy atom. The lowest BCUT2D eigenvalue weighted by atomic mass is 10.2. The monoisotopic (exact) mass is 511 g/mol. The number of benzene rings is 2. The summed E-state index contributed by atoms with van der Waals surface area (Å²) < 4.78 is 5.72. The Bertz CT molecular complexity index is 1150. The van der Waals surface area contributed by atoms with Crippen LogP contribution in [0.1, 0.15) is 30.6 Å². The van der Waals surface area contributed by atoms with E-state index in [2.05, 4.69) is 9.88 Å². The van der Waals surface area contributed by atoms with Gasteiger partial charge in [-0.1, -0.05) is 29.8 Å². The van der Waals surface area contributed by atoms with Crippen LogP contribution in [-0.2, 0) is 9.53 Å². The number of anilines is 2. The van der Waals surface area contributed by atoms with E-state index in [1.54, 1.807) is 24.5 Å². The summed E-state index contributed by atoms with van der Waals surface area (Å²) in [4.78, 5) is 31.1. The quantitative estimate of drug-likeness (QED) is 0.480. The highest BCUT2D eigenvalue weighted by molar-refractivity contribution is 6.30. The van der Waals surface area contributed by atoms with Crippen molar-refractivity contribution in [2.75, 3.05) is 24.5 Å². The standard InChI is InChI=1S/C20H24ClN3O2.C7H6O3/c1-15-13-23(14-16(2)26-15)20(25)8-11-24(18-6-9-22-10-7-18)19-5-3-4-17(21)12-19;8-6-4-2-1-3-5(6)7(9)10/h3-7,9-10,12,15-16H,8,11,13-14H2,1-2H3;1-4,8H,(H,9,10). The van der Waals surface area contributed by atoms with Gasteiger partial charge in [0.25, 0.3) is 0 Å². The fraction of sp³-hybridized carbons (Fsp3) is 0.296. The molecule has 1 aliphatic rings. The Hall–Kier alpha value is -3.62. The fourth-order valence-electron chi connectivity index (χ4n) is 3.98. The van der Waals surface area contributed by atoms with Gasteiger partial charge in [-0.15, -0.1) is 0 Å². The number of aromatic nitrogens is 1. The minimum absolute atomic E-state index is 0.0671. The largest absolute Gasteiger partial charge is 0.507 e. The number of aromatic carboxylic acids is 1. The summed E-state index contributed by atoms with van der Waals surface area (Å²) in [5, 5.41) is 18.0. The Morgan fingerprint density at radius 3 is 2.28 bits per heavy atom. The molecule has 1 aromatic heterocycles. The molecule has 0 spiro atoms. The predicted octanol–water partition coefficient (Wildman–Crippen LogP) is 4.99. The second-order valence-corrected chi connectivity index (χ2v) is 8.90. The van der Waals surface area contributed by atoms with Crippen LogP contribution in [0, 0.1) is 0 Å². The summed E-state index contributed by atoms with van der Waals surface area (Å²) in [7, 11) is 0. The molecule has 2 unspecified atom stereocenters. The molecule has 4 rings (SSSR count). The molecule has 2 aromatic carbocycles. The number of carboxylic acid groups (broad SMARTS) is 1. The number of phenols is 1. The van der Waals surface area contributed by atoms with Crippen molar-refractivity contribution in [3.05, 3.63) is 83.6 Å². The molecule has 8 nitrogen and oxygen atoms in total. The molecule has 0 bridgehead atoms. The number of carbonyl (C=O) groups excluding carboxylic acids is 1. The van der Waals surface area contributed by atoms with E-state index >= 15 is 0 Å². The van der Waals surface area contributed by atoms with Crippen molar-refractivity contribution >= 4 is 34.9 Å². The molecule has 2 atom stereocenters. The molecule has 9 heteroatoms. The highest BCUT2D eigenvalue weighted by atomic mass is 35.5. The molecule has 36 heavy (non-hydrogen) atoms. The molecule has 3 aromatic rings. The zero-order valence-corrected chi connectivity index (χ0v) is 21.0. The molecule has 0 radical (unpaired) electrons. The molecular weight excluding hydrogens is 482 g/mol. The third-order valence-electron chi connectivity index (χ3n) is 5.55. The normalized spacial score (nSPS) is 17.0. The zero-order chi connectivity index (χ0) is 26.1. The lowest BCUT2D eigenvalue weighted by Gasteiger charge is -2.36. The number of amides is 1. The van der Waals surface area contributed by atoms with E-state index in [9.17, 15) is 9.59 Å². The van der Waals surface area contributed by atoms with Crippen molar-refractivity contribution in [1.29, 1.82) is 0 Å². The van der Waals surface area contributed by atoms with Crippen molar-refractivity contribution in [3.63, 3.8) is 0 Å². The van der Waals surface area contributed by atoms with Crippen molar-refractivity contribution in [2.24, 2.45) is 0 Å². The molecule has 2 N–H and O–H groups in total. The smallest absolute Gasteiger partial charge is 0.339 e. The third kappa shape index (κ3) is 7.69. The van der Waals surface area contributed by atoms with Gasteiger partial charge >= 0.3 is 5.97 Å². The second-order valence-electron chi connectivity index (χ2n) is 8.47. The van der Waals surface area contributed by atoms with Gasteiger partial charge in [0, 0.05) is 54.8 Å². The van der Waals surface area contributed by atoms with Gasteiger partial charge in [-0.25, -0.2) is 4.79 Å². The predicted molar refractivity (Wildman–Crippen MR) is 139 cm³/mol. The van der Waals surface area contributed by atoms with Gasteiger partial charge in [0.05, 0.1) is 12.2 Å². The lowest BCUT2D eigenvalue weighted by molar-refractivity contribution is -0.142. The van der Waals surface area contributed by atoms with Crippen LogP contribution in [-0.4, -0.2) is 63.8 Å². The van der Waals surface area contributed by atoms with Crippen molar-refractivity contribution in [3.8, 4) is 5.75 Å². The molecule has 1 amide bonds. The summed E-state index contributed by atoms with van der Waals surface area (Å²) >= 11 is 6.16. The highest BCUT2D eigenvalue weighted by Crippen LogP contribution is 2.27. The first-order valence-corrected chi connectivity index (χ1v) is 12.0. The number of rotatable bonds is 6. The summed E-state index contributed by atoms with van der Waals surface area (Å²) in [5.41, 5.74) is 1.88. The number of para-hydroxylation sites is 1. The SMILES string of the molecule is CC1CN(C(=O)CCN(c2ccncc2)c2cccc(Cl)c2)CC(C)O1.O=C(O)c1ccccc1O. The van der Waals surface area contributed by atoms with Crippen molar-refractivity contribution in [2.45, 2.75) is 32.5 Å². The van der Waals surface area contributed by atoms with Crippen LogP contribution in [0.4, 0.5) is 11.4 Å². The molecule has 2 heterocycles. The number of carbonyl (C=O) groups is 2. The fourth-order valence-corrected chi connectivity index (χ4v) is 4.16. The average Bonchev–Trinajstić information content (AvgIpc) is 2.85. The number of halogens is 1. The number of hydrogen-bond donors (Lipinski definition) is 2. The Balaban J connectivity index is 0.000000303. The highest BCUT2D eigenvalue weighted by Gasteiger charge is 2.26. The van der Waals surface area contributed by atoms with Crippen molar-refractivity contribution in [1.82, 2.24) is 9.88 Å². The van der Waals surface area contributed by atoms with Crippen LogP contribution in [0.5, 0.6) is 5.75 Å². The van der Waals surface area contributed by atoms with Crippen LogP contribution < -0.4 is 4.90 Å². The number of ether oxygens (including phenoxy) is 1. The van der Waals surface area contributed by atoms with Gasteiger partial charge in [-0.05, 0) is 56.3 Å². The molecule has 1 aliphatic heterocycles. The lowest BCUT2D eigenvalue weighted by Crippen LogP contribution is -2.48. The second kappa shape index (κ2) is 12.9. The molecule has 190 valence electrons. The van der Waals surface area contributed by atoms with Gasteiger partial charge in [0.2, 0.25) is 5.91 Å². The first-order valence-electron chi connectivity index (χ1n) is 11.6. The summed E-state index contributed by atoms with van der Waals surface area (Å²) in [5.74, 6) is -1.17. The molecule has 0 aliphatic carbocycles. The summed E-state index contributed by atoms with van der Waals surface area (Å²) in [6, 6.07) is 17.3. The number of pyridine rings is 1. The van der Waals surface area contributed by atoms with E-state index < -0.39 is 5.97 Å². The maximum absolute atomic E-state index is 12.7. The Labute approximate surface area is 215 Å². The van der Waals surface area contributed by atoms with Crippen LogP contribution in [0.15, 0.2) is 73.1 Å². The number of aromatic hydroxyl groups is 1. The minimum Gasteiger partial charge on any atom is -0.507 e.